The van der Waals surface area contributed by atoms with Gasteiger partial charge in [0.25, 0.3) is 0 Å². The summed E-state index contributed by atoms with van der Waals surface area (Å²) in [6.07, 6.45) is 0. The summed E-state index contributed by atoms with van der Waals surface area (Å²) in [5.74, 6) is 0.410. The molecule has 0 aliphatic heterocycles. The number of hydrogen-bond donors (Lipinski definition) is 1. The minimum atomic E-state index is -0.342. The maximum Gasteiger partial charge on any atom is 0.146 e. The van der Waals surface area contributed by atoms with Gasteiger partial charge in [-0.15, -0.1) is 11.8 Å². The molecule has 1 nitrogen and oxygen atoms in total. The third-order valence-electron chi connectivity index (χ3n) is 2.21. The van der Waals surface area contributed by atoms with Gasteiger partial charge in [0.1, 0.15) is 5.82 Å². The summed E-state index contributed by atoms with van der Waals surface area (Å²) in [5, 5.41) is 0. The van der Waals surface area contributed by atoms with Gasteiger partial charge >= 0.3 is 0 Å². The van der Waals surface area contributed by atoms with Crippen molar-refractivity contribution in [2.45, 2.75) is 10.6 Å². The van der Waals surface area contributed by atoms with Crippen LogP contribution in [0.5, 0.6) is 0 Å². The number of thioether (sulfide) groups is 1. The molecule has 0 spiro atoms. The molecule has 0 heterocycles. The Morgan fingerprint density at radius 3 is 2.50 bits per heavy atom. The van der Waals surface area contributed by atoms with Crippen molar-refractivity contribution in [1.82, 2.24) is 0 Å². The van der Waals surface area contributed by atoms with Gasteiger partial charge in [-0.05, 0) is 29.8 Å². The molecule has 2 aromatic carbocycles. The molecule has 0 saturated heterocycles. The molecule has 0 amide bonds. The molecule has 0 atom stereocenters. The van der Waals surface area contributed by atoms with Crippen LogP contribution in [-0.4, -0.2) is 0 Å². The molecular formula is C13H12FNS. The highest BCUT2D eigenvalue weighted by atomic mass is 32.2. The maximum atomic E-state index is 13.2. The Bertz CT molecular complexity index is 471. The van der Waals surface area contributed by atoms with E-state index in [1.807, 2.05) is 36.4 Å². The Morgan fingerprint density at radius 1 is 1.06 bits per heavy atom. The average molecular weight is 233 g/mol. The fourth-order valence-corrected chi connectivity index (χ4v) is 2.21. The van der Waals surface area contributed by atoms with Crippen molar-refractivity contribution >= 4 is 17.4 Å². The normalized spacial score (nSPS) is 10.3. The minimum absolute atomic E-state index is 0.202. The van der Waals surface area contributed by atoms with Crippen LogP contribution in [0.4, 0.5) is 10.1 Å². The van der Waals surface area contributed by atoms with Crippen LogP contribution in [0.25, 0.3) is 0 Å². The van der Waals surface area contributed by atoms with Crippen LogP contribution in [0.15, 0.2) is 53.4 Å². The predicted molar refractivity (Wildman–Crippen MR) is 66.8 cm³/mol. The highest BCUT2D eigenvalue weighted by Crippen LogP contribution is 2.23. The van der Waals surface area contributed by atoms with Gasteiger partial charge in [-0.1, -0.05) is 24.3 Å². The number of nitrogens with two attached hydrogens (primary N) is 1. The number of benzene rings is 2. The summed E-state index contributed by atoms with van der Waals surface area (Å²) in [6, 6.07) is 15.0. The van der Waals surface area contributed by atoms with Gasteiger partial charge in [0.05, 0.1) is 5.69 Å². The van der Waals surface area contributed by atoms with Crippen molar-refractivity contribution < 1.29 is 4.39 Å². The number of hydrogen-bond acceptors (Lipinski definition) is 2. The van der Waals surface area contributed by atoms with E-state index >= 15 is 0 Å². The lowest BCUT2D eigenvalue weighted by Gasteiger charge is -2.03. The Balaban J connectivity index is 2.03. The quantitative estimate of drug-likeness (QED) is 0.646. The van der Waals surface area contributed by atoms with Crippen LogP contribution in [0.2, 0.25) is 0 Å². The SMILES string of the molecule is Nc1ccc(CSc2ccccc2)cc1F. The van der Waals surface area contributed by atoms with E-state index in [0.717, 1.165) is 11.3 Å². The summed E-state index contributed by atoms with van der Waals surface area (Å²) >= 11 is 1.68. The Kier molecular flexibility index (Phi) is 3.47. The average Bonchev–Trinajstić information content (AvgIpc) is 2.32. The van der Waals surface area contributed by atoms with Crippen molar-refractivity contribution in [3.8, 4) is 0 Å². The first-order chi connectivity index (χ1) is 7.75. The van der Waals surface area contributed by atoms with E-state index in [9.17, 15) is 4.39 Å². The van der Waals surface area contributed by atoms with E-state index in [-0.39, 0.29) is 11.5 Å². The lowest BCUT2D eigenvalue weighted by molar-refractivity contribution is 0.631. The minimum Gasteiger partial charge on any atom is -0.396 e. The van der Waals surface area contributed by atoms with Crippen LogP contribution >= 0.6 is 11.8 Å². The van der Waals surface area contributed by atoms with E-state index in [1.165, 1.54) is 11.0 Å². The van der Waals surface area contributed by atoms with Gasteiger partial charge in [0, 0.05) is 10.6 Å². The molecule has 2 aromatic rings. The Labute approximate surface area is 98.5 Å². The third kappa shape index (κ3) is 2.76. The monoisotopic (exact) mass is 233 g/mol. The number of rotatable bonds is 3. The second-order valence-electron chi connectivity index (χ2n) is 3.46. The second kappa shape index (κ2) is 5.03. The molecule has 3 heteroatoms. The predicted octanol–water partition coefficient (Wildman–Crippen LogP) is 3.70. The van der Waals surface area contributed by atoms with Crippen LogP contribution in [0.1, 0.15) is 5.56 Å². The lowest BCUT2D eigenvalue weighted by atomic mass is 10.2. The Morgan fingerprint density at radius 2 is 1.81 bits per heavy atom. The number of nitrogen functional groups attached to an aromatic ring is 1. The molecule has 2 N–H and O–H groups in total. The van der Waals surface area contributed by atoms with Crippen molar-refractivity contribution in [2.24, 2.45) is 0 Å². The van der Waals surface area contributed by atoms with E-state index in [0.29, 0.717) is 0 Å². The second-order valence-corrected chi connectivity index (χ2v) is 4.51. The smallest absolute Gasteiger partial charge is 0.146 e. The van der Waals surface area contributed by atoms with Gasteiger partial charge < -0.3 is 5.73 Å². The Hall–Kier alpha value is -1.48. The van der Waals surface area contributed by atoms with E-state index < -0.39 is 0 Å². The fraction of sp³-hybridized carbons (Fsp3) is 0.0769. The maximum absolute atomic E-state index is 13.2. The molecule has 0 aliphatic carbocycles. The summed E-state index contributed by atoms with van der Waals surface area (Å²) < 4.78 is 13.2. The molecule has 0 fully saturated rings. The topological polar surface area (TPSA) is 26.0 Å². The molecule has 0 unspecified atom stereocenters. The molecule has 0 saturated carbocycles. The molecule has 0 aromatic heterocycles. The van der Waals surface area contributed by atoms with Gasteiger partial charge in [-0.25, -0.2) is 4.39 Å². The fourth-order valence-electron chi connectivity index (χ4n) is 1.34. The highest BCUT2D eigenvalue weighted by Gasteiger charge is 2.00. The zero-order valence-electron chi connectivity index (χ0n) is 8.69. The summed E-state index contributed by atoms with van der Waals surface area (Å²) in [6.45, 7) is 0. The van der Waals surface area contributed by atoms with E-state index in [4.69, 9.17) is 5.73 Å². The van der Waals surface area contributed by atoms with Crippen LogP contribution in [-0.2, 0) is 5.75 Å². The zero-order chi connectivity index (χ0) is 11.4. The van der Waals surface area contributed by atoms with Gasteiger partial charge in [-0.3, -0.25) is 0 Å². The van der Waals surface area contributed by atoms with Crippen LogP contribution in [0.3, 0.4) is 0 Å². The van der Waals surface area contributed by atoms with Crippen molar-refractivity contribution in [1.29, 1.82) is 0 Å². The molecule has 16 heavy (non-hydrogen) atoms. The first kappa shape index (κ1) is 11.0. The van der Waals surface area contributed by atoms with Gasteiger partial charge in [-0.2, -0.15) is 0 Å². The lowest BCUT2D eigenvalue weighted by Crippen LogP contribution is -1.91. The molecule has 0 bridgehead atoms. The van der Waals surface area contributed by atoms with E-state index in [1.54, 1.807) is 17.8 Å². The number of halogens is 1. The first-order valence-corrected chi connectivity index (χ1v) is 5.96. The summed E-state index contributed by atoms with van der Waals surface area (Å²) in [5.41, 5.74) is 6.56. The molecule has 0 radical (unpaired) electrons. The molecule has 82 valence electrons. The standard InChI is InChI=1S/C13H12FNS/c14-12-8-10(6-7-13(12)15)9-16-11-4-2-1-3-5-11/h1-8H,9,15H2. The first-order valence-electron chi connectivity index (χ1n) is 4.97. The van der Waals surface area contributed by atoms with E-state index in [2.05, 4.69) is 0 Å². The summed E-state index contributed by atoms with van der Waals surface area (Å²) in [7, 11) is 0. The van der Waals surface area contributed by atoms with Crippen LogP contribution in [0, 0.1) is 5.82 Å². The van der Waals surface area contributed by atoms with Crippen molar-refractivity contribution in [3.63, 3.8) is 0 Å². The van der Waals surface area contributed by atoms with Crippen molar-refractivity contribution in [3.05, 3.63) is 59.9 Å². The molecular weight excluding hydrogens is 221 g/mol. The third-order valence-corrected chi connectivity index (χ3v) is 3.30. The zero-order valence-corrected chi connectivity index (χ0v) is 9.51. The van der Waals surface area contributed by atoms with Gasteiger partial charge in [0.2, 0.25) is 0 Å². The summed E-state index contributed by atoms with van der Waals surface area (Å²) in [4.78, 5) is 1.18. The highest BCUT2D eigenvalue weighted by molar-refractivity contribution is 7.98. The van der Waals surface area contributed by atoms with Gasteiger partial charge in [0.15, 0.2) is 0 Å². The number of anilines is 1. The van der Waals surface area contributed by atoms with Crippen LogP contribution < -0.4 is 5.73 Å². The molecule has 0 aliphatic rings. The largest absolute Gasteiger partial charge is 0.396 e. The molecule has 2 rings (SSSR count). The van der Waals surface area contributed by atoms with Crippen molar-refractivity contribution in [2.75, 3.05) is 5.73 Å².